The topological polar surface area (TPSA) is 46.2 Å². The molecule has 0 amide bonds. The average Bonchev–Trinajstić information content (AvgIpc) is 2.49. The van der Waals surface area contributed by atoms with Crippen LogP contribution >= 0.6 is 23.2 Å². The molecule has 0 bridgehead atoms. The van der Waals surface area contributed by atoms with E-state index in [-0.39, 0.29) is 15.8 Å². The van der Waals surface area contributed by atoms with Gasteiger partial charge in [0.15, 0.2) is 0 Å². The first-order valence-electron chi connectivity index (χ1n) is 6.92. The van der Waals surface area contributed by atoms with Crippen LogP contribution in [0.1, 0.15) is 31.7 Å². The maximum absolute atomic E-state index is 12.6. The van der Waals surface area contributed by atoms with Crippen LogP contribution in [0.5, 0.6) is 0 Å². The Morgan fingerprint density at radius 2 is 1.82 bits per heavy atom. The molecule has 6 heteroatoms. The molecule has 0 aliphatic heterocycles. The molecule has 0 aromatic heterocycles. The van der Waals surface area contributed by atoms with Gasteiger partial charge < -0.3 is 0 Å². The molecule has 0 unspecified atom stereocenters. The van der Waals surface area contributed by atoms with Crippen LogP contribution in [0, 0.1) is 0 Å². The highest BCUT2D eigenvalue weighted by molar-refractivity contribution is 7.92. The SMILES string of the molecule is CC[C@H](C)c1ccccc1NS(=O)(=O)c1cc(Cl)ccc1Cl. The molecule has 118 valence electrons. The molecule has 2 rings (SSSR count). The van der Waals surface area contributed by atoms with Gasteiger partial charge >= 0.3 is 0 Å². The van der Waals surface area contributed by atoms with Gasteiger partial charge in [-0.15, -0.1) is 0 Å². The molecule has 22 heavy (non-hydrogen) atoms. The minimum Gasteiger partial charge on any atom is -0.279 e. The van der Waals surface area contributed by atoms with Crippen molar-refractivity contribution in [3.05, 3.63) is 58.1 Å². The summed E-state index contributed by atoms with van der Waals surface area (Å²) in [7, 11) is -3.80. The summed E-state index contributed by atoms with van der Waals surface area (Å²) in [5.74, 6) is 0.244. The van der Waals surface area contributed by atoms with E-state index in [1.165, 1.54) is 12.1 Å². The summed E-state index contributed by atoms with van der Waals surface area (Å²) in [6.45, 7) is 4.11. The second-order valence-electron chi connectivity index (χ2n) is 5.08. The van der Waals surface area contributed by atoms with Crippen molar-refractivity contribution in [2.24, 2.45) is 0 Å². The number of hydrogen-bond acceptors (Lipinski definition) is 2. The first kappa shape index (κ1) is 17.1. The van der Waals surface area contributed by atoms with E-state index in [0.717, 1.165) is 12.0 Å². The molecule has 0 fully saturated rings. The van der Waals surface area contributed by atoms with Crippen LogP contribution < -0.4 is 4.72 Å². The Kier molecular flexibility index (Phi) is 5.37. The monoisotopic (exact) mass is 357 g/mol. The number of anilines is 1. The molecule has 0 spiro atoms. The quantitative estimate of drug-likeness (QED) is 0.788. The van der Waals surface area contributed by atoms with Gasteiger partial charge in [-0.3, -0.25) is 4.72 Å². The summed E-state index contributed by atoms with van der Waals surface area (Å²) in [6, 6.07) is 11.7. The highest BCUT2D eigenvalue weighted by Crippen LogP contribution is 2.31. The van der Waals surface area contributed by atoms with Crippen LogP contribution in [0.2, 0.25) is 10.0 Å². The highest BCUT2D eigenvalue weighted by atomic mass is 35.5. The van der Waals surface area contributed by atoms with E-state index in [4.69, 9.17) is 23.2 Å². The Morgan fingerprint density at radius 3 is 2.50 bits per heavy atom. The van der Waals surface area contributed by atoms with Gasteiger partial charge in [-0.25, -0.2) is 8.42 Å². The molecule has 0 aliphatic carbocycles. The lowest BCUT2D eigenvalue weighted by Gasteiger charge is -2.17. The third-order valence-corrected chi connectivity index (χ3v) is 5.61. The van der Waals surface area contributed by atoms with Gasteiger partial charge in [-0.2, -0.15) is 0 Å². The molecule has 0 heterocycles. The Morgan fingerprint density at radius 1 is 1.14 bits per heavy atom. The lowest BCUT2D eigenvalue weighted by atomic mass is 9.97. The van der Waals surface area contributed by atoms with Crippen molar-refractivity contribution in [1.82, 2.24) is 0 Å². The molecular formula is C16H17Cl2NO2S. The van der Waals surface area contributed by atoms with Crippen LogP contribution in [0.15, 0.2) is 47.4 Å². The summed E-state index contributed by atoms with van der Waals surface area (Å²) in [5.41, 5.74) is 1.51. The zero-order valence-corrected chi connectivity index (χ0v) is 14.6. The molecule has 0 aliphatic rings. The molecule has 3 nitrogen and oxygen atoms in total. The number of hydrogen-bond donors (Lipinski definition) is 1. The zero-order valence-electron chi connectivity index (χ0n) is 12.3. The number of para-hydroxylation sites is 1. The largest absolute Gasteiger partial charge is 0.279 e. The number of rotatable bonds is 5. The summed E-state index contributed by atoms with van der Waals surface area (Å²) in [6.07, 6.45) is 0.913. The summed E-state index contributed by atoms with van der Waals surface area (Å²) >= 11 is 11.9. The van der Waals surface area contributed by atoms with Gasteiger partial charge in [0.1, 0.15) is 4.90 Å². The number of benzene rings is 2. The molecule has 2 aromatic carbocycles. The second kappa shape index (κ2) is 6.90. The highest BCUT2D eigenvalue weighted by Gasteiger charge is 2.20. The molecule has 0 radical (unpaired) electrons. The van der Waals surface area contributed by atoms with E-state index < -0.39 is 10.0 Å². The van der Waals surface area contributed by atoms with Gasteiger partial charge in [0.25, 0.3) is 10.0 Å². The van der Waals surface area contributed by atoms with Crippen LogP contribution in [0.4, 0.5) is 5.69 Å². The minimum atomic E-state index is -3.80. The third-order valence-electron chi connectivity index (χ3n) is 3.53. The Balaban J connectivity index is 2.44. The standard InChI is InChI=1S/C16H17Cl2NO2S/c1-3-11(2)13-6-4-5-7-15(13)19-22(20,21)16-10-12(17)8-9-14(16)18/h4-11,19H,3H2,1-2H3/t11-/m0/s1. The fourth-order valence-electron chi connectivity index (χ4n) is 2.12. The smallest absolute Gasteiger partial charge is 0.263 e. The van der Waals surface area contributed by atoms with Crippen LogP contribution in [-0.4, -0.2) is 8.42 Å². The fraction of sp³-hybridized carbons (Fsp3) is 0.250. The minimum absolute atomic E-state index is 0.0272. The van der Waals surface area contributed by atoms with E-state index in [1.54, 1.807) is 18.2 Å². The lowest BCUT2D eigenvalue weighted by Crippen LogP contribution is -2.15. The molecule has 0 saturated carbocycles. The summed E-state index contributed by atoms with van der Waals surface area (Å²) in [5, 5.41) is 0.456. The fourth-order valence-corrected chi connectivity index (χ4v) is 3.97. The Bertz CT molecular complexity index is 775. The molecule has 0 saturated heterocycles. The van der Waals surface area contributed by atoms with E-state index in [1.807, 2.05) is 12.1 Å². The lowest BCUT2D eigenvalue weighted by molar-refractivity contribution is 0.601. The Labute approximate surface area is 141 Å². The van der Waals surface area contributed by atoms with Gasteiger partial charge in [-0.05, 0) is 42.2 Å². The molecular weight excluding hydrogens is 341 g/mol. The predicted molar refractivity (Wildman–Crippen MR) is 92.4 cm³/mol. The van der Waals surface area contributed by atoms with Crippen LogP contribution in [0.25, 0.3) is 0 Å². The normalized spacial score (nSPS) is 12.9. The van der Waals surface area contributed by atoms with Crippen LogP contribution in [-0.2, 0) is 10.0 Å². The van der Waals surface area contributed by atoms with Gasteiger partial charge in [0, 0.05) is 5.02 Å². The Hall–Kier alpha value is -1.23. The number of halogens is 2. The van der Waals surface area contributed by atoms with Crippen molar-refractivity contribution in [2.75, 3.05) is 4.72 Å². The summed E-state index contributed by atoms with van der Waals surface area (Å²) in [4.78, 5) is -0.0272. The summed E-state index contributed by atoms with van der Waals surface area (Å²) < 4.78 is 27.8. The first-order valence-corrected chi connectivity index (χ1v) is 9.16. The first-order chi connectivity index (χ1) is 10.3. The number of sulfonamides is 1. The zero-order chi connectivity index (χ0) is 16.3. The third kappa shape index (κ3) is 3.75. The maximum Gasteiger partial charge on any atom is 0.263 e. The maximum atomic E-state index is 12.6. The number of nitrogens with one attached hydrogen (secondary N) is 1. The van der Waals surface area contributed by atoms with Crippen molar-refractivity contribution in [3.8, 4) is 0 Å². The van der Waals surface area contributed by atoms with E-state index in [9.17, 15) is 8.42 Å². The molecule has 2 aromatic rings. The van der Waals surface area contributed by atoms with Crippen molar-refractivity contribution in [3.63, 3.8) is 0 Å². The molecule has 1 atom stereocenters. The van der Waals surface area contributed by atoms with Crippen molar-refractivity contribution in [1.29, 1.82) is 0 Å². The predicted octanol–water partition coefficient (Wildman–Crippen LogP) is 5.31. The van der Waals surface area contributed by atoms with Gasteiger partial charge in [0.05, 0.1) is 10.7 Å². The van der Waals surface area contributed by atoms with Crippen molar-refractivity contribution in [2.45, 2.75) is 31.1 Å². The van der Waals surface area contributed by atoms with Crippen molar-refractivity contribution < 1.29 is 8.42 Å². The van der Waals surface area contributed by atoms with Crippen LogP contribution in [0.3, 0.4) is 0 Å². The van der Waals surface area contributed by atoms with Crippen molar-refractivity contribution >= 4 is 38.9 Å². The van der Waals surface area contributed by atoms with E-state index >= 15 is 0 Å². The second-order valence-corrected chi connectivity index (χ2v) is 7.57. The average molecular weight is 358 g/mol. The van der Waals surface area contributed by atoms with E-state index in [2.05, 4.69) is 18.6 Å². The van der Waals surface area contributed by atoms with Gasteiger partial charge in [0.2, 0.25) is 0 Å². The van der Waals surface area contributed by atoms with E-state index in [0.29, 0.717) is 10.7 Å². The molecule has 1 N–H and O–H groups in total. The van der Waals surface area contributed by atoms with Gasteiger partial charge in [-0.1, -0.05) is 55.2 Å².